The van der Waals surface area contributed by atoms with Gasteiger partial charge in [-0.15, -0.1) is 0 Å². The van der Waals surface area contributed by atoms with Crippen molar-refractivity contribution in [3.63, 3.8) is 0 Å². The maximum Gasteiger partial charge on any atom is 0.242 e. The average Bonchev–Trinajstić information content (AvgIpc) is 3.31. The predicted molar refractivity (Wildman–Crippen MR) is 126 cm³/mol. The molecule has 0 saturated carbocycles. The largest absolute Gasteiger partial charge is 0.497 e. The summed E-state index contributed by atoms with van der Waals surface area (Å²) < 4.78 is 35.8. The fourth-order valence-corrected chi connectivity index (χ4v) is 4.95. The number of fused-ring (bicyclic) bond motifs is 1. The van der Waals surface area contributed by atoms with Crippen LogP contribution in [-0.2, 0) is 21.4 Å². The first-order valence-electron chi connectivity index (χ1n) is 10.9. The molecule has 1 aliphatic rings. The molecule has 3 aromatic rings. The molecule has 9 nitrogen and oxygen atoms in total. The van der Waals surface area contributed by atoms with Gasteiger partial charge in [0.15, 0.2) is 5.65 Å². The summed E-state index contributed by atoms with van der Waals surface area (Å²) in [5, 5.41) is 0. The Hall–Kier alpha value is -3.11. The number of hydrogen-bond donors (Lipinski definition) is 1. The van der Waals surface area contributed by atoms with Crippen LogP contribution in [0.4, 0.5) is 5.69 Å². The number of nitrogens with zero attached hydrogens (tertiary/aromatic N) is 4. The van der Waals surface area contributed by atoms with E-state index < -0.39 is 10.0 Å². The number of methoxy groups -OCH3 is 1. The summed E-state index contributed by atoms with van der Waals surface area (Å²) >= 11 is 0. The molecule has 0 aliphatic carbocycles. The van der Waals surface area contributed by atoms with Crippen molar-refractivity contribution in [2.75, 3.05) is 38.2 Å². The van der Waals surface area contributed by atoms with Crippen molar-refractivity contribution >= 4 is 27.3 Å². The lowest BCUT2D eigenvalue weighted by molar-refractivity contribution is -0.134. The van der Waals surface area contributed by atoms with Crippen molar-refractivity contribution in [1.82, 2.24) is 19.0 Å². The van der Waals surface area contributed by atoms with E-state index in [2.05, 4.69) is 14.6 Å². The van der Waals surface area contributed by atoms with E-state index in [1.54, 1.807) is 48.3 Å². The molecule has 1 amide bonds. The molecule has 176 valence electrons. The highest BCUT2D eigenvalue weighted by molar-refractivity contribution is 7.89. The lowest BCUT2D eigenvalue weighted by Crippen LogP contribution is -2.50. The molecule has 0 spiro atoms. The summed E-state index contributed by atoms with van der Waals surface area (Å²) in [6, 6.07) is 8.90. The molecule has 1 N–H and O–H groups in total. The van der Waals surface area contributed by atoms with Gasteiger partial charge >= 0.3 is 0 Å². The number of imidazole rings is 1. The van der Waals surface area contributed by atoms with Gasteiger partial charge in [-0.3, -0.25) is 4.79 Å². The number of piperazine rings is 1. The SMILES string of the molecule is COc1ccc(CNS(=O)(=O)c2cc(N3CCN(C(=O)C(C)C)CC3)c3nccn3c2)cc1. The van der Waals surface area contributed by atoms with Crippen molar-refractivity contribution in [2.45, 2.75) is 25.3 Å². The summed E-state index contributed by atoms with van der Waals surface area (Å²) in [5.74, 6) is 0.812. The van der Waals surface area contributed by atoms with Crippen LogP contribution in [0.2, 0.25) is 0 Å². The van der Waals surface area contributed by atoms with Gasteiger partial charge in [-0.25, -0.2) is 18.1 Å². The Morgan fingerprint density at radius 2 is 1.85 bits per heavy atom. The van der Waals surface area contributed by atoms with Gasteiger partial charge in [0, 0.05) is 57.2 Å². The van der Waals surface area contributed by atoms with E-state index in [1.807, 2.05) is 30.9 Å². The number of sulfonamides is 1. The molecule has 0 radical (unpaired) electrons. The lowest BCUT2D eigenvalue weighted by Gasteiger charge is -2.37. The van der Waals surface area contributed by atoms with Crippen LogP contribution in [0.25, 0.3) is 5.65 Å². The number of hydrogen-bond acceptors (Lipinski definition) is 6. The maximum atomic E-state index is 13.1. The Labute approximate surface area is 194 Å². The normalized spacial score (nSPS) is 14.8. The molecule has 4 rings (SSSR count). The van der Waals surface area contributed by atoms with Gasteiger partial charge in [0.25, 0.3) is 0 Å². The number of pyridine rings is 1. The fourth-order valence-electron chi connectivity index (χ4n) is 3.91. The van der Waals surface area contributed by atoms with Crippen LogP contribution < -0.4 is 14.4 Å². The minimum absolute atomic E-state index is 0.0409. The van der Waals surface area contributed by atoms with Crippen LogP contribution in [0.15, 0.2) is 53.8 Å². The summed E-state index contributed by atoms with van der Waals surface area (Å²) in [6.45, 7) is 6.38. The number of rotatable bonds is 7. The van der Waals surface area contributed by atoms with Crippen molar-refractivity contribution in [3.8, 4) is 5.75 Å². The molecule has 0 bridgehead atoms. The molecular formula is C23H29N5O4S. The zero-order chi connectivity index (χ0) is 23.6. The van der Waals surface area contributed by atoms with E-state index in [-0.39, 0.29) is 23.3 Å². The van der Waals surface area contributed by atoms with Gasteiger partial charge in [-0.1, -0.05) is 26.0 Å². The molecule has 33 heavy (non-hydrogen) atoms. The van der Waals surface area contributed by atoms with Crippen LogP contribution >= 0.6 is 0 Å². The summed E-state index contributed by atoms with van der Waals surface area (Å²) in [4.78, 5) is 20.9. The third kappa shape index (κ3) is 4.96. The van der Waals surface area contributed by atoms with E-state index in [9.17, 15) is 13.2 Å². The fraction of sp³-hybridized carbons (Fsp3) is 0.391. The third-order valence-corrected chi connectivity index (χ3v) is 7.17. The average molecular weight is 472 g/mol. The van der Waals surface area contributed by atoms with Crippen molar-refractivity contribution in [1.29, 1.82) is 0 Å². The monoisotopic (exact) mass is 471 g/mol. The predicted octanol–water partition coefficient (Wildman–Crippen LogP) is 2.13. The number of carbonyl (C=O) groups is 1. The van der Waals surface area contributed by atoms with E-state index in [0.717, 1.165) is 11.3 Å². The van der Waals surface area contributed by atoms with Crippen LogP contribution in [0.1, 0.15) is 19.4 Å². The minimum atomic E-state index is -3.76. The van der Waals surface area contributed by atoms with Crippen LogP contribution in [0.3, 0.4) is 0 Å². The summed E-state index contributed by atoms with van der Waals surface area (Å²) in [6.07, 6.45) is 4.96. The first-order valence-corrected chi connectivity index (χ1v) is 12.4. The second-order valence-corrected chi connectivity index (χ2v) is 10.1. The molecule has 1 aliphatic heterocycles. The highest BCUT2D eigenvalue weighted by atomic mass is 32.2. The quantitative estimate of drug-likeness (QED) is 0.567. The van der Waals surface area contributed by atoms with E-state index in [4.69, 9.17) is 4.74 Å². The number of anilines is 1. The second kappa shape index (κ2) is 9.40. The Bertz CT molecular complexity index is 1230. The third-order valence-electron chi connectivity index (χ3n) is 5.80. The Kier molecular flexibility index (Phi) is 6.57. The molecule has 1 saturated heterocycles. The molecule has 2 aromatic heterocycles. The number of ether oxygens (including phenoxy) is 1. The van der Waals surface area contributed by atoms with Crippen molar-refractivity contribution in [2.24, 2.45) is 5.92 Å². The van der Waals surface area contributed by atoms with Crippen molar-refractivity contribution in [3.05, 3.63) is 54.5 Å². The Balaban J connectivity index is 1.55. The minimum Gasteiger partial charge on any atom is -0.497 e. The topological polar surface area (TPSA) is 96.2 Å². The second-order valence-electron chi connectivity index (χ2n) is 8.36. The first kappa shape index (κ1) is 23.1. The van der Waals surface area contributed by atoms with Gasteiger partial charge in [0.1, 0.15) is 10.6 Å². The van der Waals surface area contributed by atoms with Crippen molar-refractivity contribution < 1.29 is 17.9 Å². The highest BCUT2D eigenvalue weighted by Gasteiger charge is 2.26. The molecule has 3 heterocycles. The summed E-state index contributed by atoms with van der Waals surface area (Å²) in [7, 11) is -2.17. The van der Waals surface area contributed by atoms with E-state index >= 15 is 0 Å². The Morgan fingerprint density at radius 3 is 2.48 bits per heavy atom. The molecule has 0 unspecified atom stereocenters. The van der Waals surface area contributed by atoms with Crippen LogP contribution in [0, 0.1) is 5.92 Å². The zero-order valence-electron chi connectivity index (χ0n) is 19.1. The van der Waals surface area contributed by atoms with Gasteiger partial charge in [0.2, 0.25) is 15.9 Å². The number of benzene rings is 1. The molecule has 1 fully saturated rings. The molecule has 1 aromatic carbocycles. The van der Waals surface area contributed by atoms with E-state index in [1.165, 1.54) is 0 Å². The van der Waals surface area contributed by atoms with Gasteiger partial charge in [-0.2, -0.15) is 0 Å². The number of amides is 1. The zero-order valence-corrected chi connectivity index (χ0v) is 19.9. The van der Waals surface area contributed by atoms with Gasteiger partial charge < -0.3 is 18.9 Å². The lowest BCUT2D eigenvalue weighted by atomic mass is 10.1. The summed E-state index contributed by atoms with van der Waals surface area (Å²) in [5.41, 5.74) is 2.26. The number of aromatic nitrogens is 2. The number of nitrogens with one attached hydrogen (secondary N) is 1. The van der Waals surface area contributed by atoms with Crippen LogP contribution in [0.5, 0.6) is 5.75 Å². The molecular weight excluding hydrogens is 442 g/mol. The molecule has 10 heteroatoms. The van der Waals surface area contributed by atoms with Gasteiger partial charge in [-0.05, 0) is 23.8 Å². The smallest absolute Gasteiger partial charge is 0.242 e. The maximum absolute atomic E-state index is 13.1. The highest BCUT2D eigenvalue weighted by Crippen LogP contribution is 2.26. The molecule has 0 atom stereocenters. The van der Waals surface area contributed by atoms with Gasteiger partial charge in [0.05, 0.1) is 12.8 Å². The van der Waals surface area contributed by atoms with E-state index in [0.29, 0.717) is 37.6 Å². The number of carbonyl (C=O) groups excluding carboxylic acids is 1. The Morgan fingerprint density at radius 1 is 1.15 bits per heavy atom. The standard InChI is InChI=1S/C23H29N5O4S/c1-17(2)23(29)27-12-10-26(11-13-27)21-14-20(16-28-9-8-24-22(21)28)33(30,31)25-15-18-4-6-19(32-3)7-5-18/h4-9,14,16-17,25H,10-13,15H2,1-3H3. The first-order chi connectivity index (χ1) is 15.8. The van der Waals surface area contributed by atoms with Crippen LogP contribution in [-0.4, -0.2) is 61.9 Å².